The first-order valence-corrected chi connectivity index (χ1v) is 8.05. The average Bonchev–Trinajstić information content (AvgIpc) is 3.22. The Morgan fingerprint density at radius 1 is 1.25 bits per heavy atom. The van der Waals surface area contributed by atoms with Crippen LogP contribution in [-0.4, -0.2) is 34.2 Å². The number of rotatable bonds is 7. The van der Waals surface area contributed by atoms with E-state index >= 15 is 0 Å². The van der Waals surface area contributed by atoms with E-state index in [1.165, 1.54) is 23.4 Å². The molecule has 1 saturated carbocycles. The lowest BCUT2D eigenvalue weighted by atomic mass is 10.2. The maximum Gasteiger partial charge on any atom is 0.0972 e. The highest BCUT2D eigenvalue weighted by molar-refractivity contribution is 7.09. The number of aliphatic hydroxyl groups excluding tert-OH is 1. The van der Waals surface area contributed by atoms with E-state index in [9.17, 15) is 0 Å². The summed E-state index contributed by atoms with van der Waals surface area (Å²) in [5.74, 6) is 0. The molecule has 1 N–H and O–H groups in total. The Morgan fingerprint density at radius 3 is 2.75 bits per heavy atom. The fraction of sp³-hybridized carbons (Fsp3) is 0.438. The zero-order valence-corrected chi connectivity index (χ0v) is 12.4. The molecule has 0 unspecified atom stereocenters. The Balaban J connectivity index is 1.61. The minimum Gasteiger partial charge on any atom is -0.395 e. The van der Waals surface area contributed by atoms with Gasteiger partial charge in [-0.2, -0.15) is 0 Å². The molecule has 3 rings (SSSR count). The van der Waals surface area contributed by atoms with E-state index in [-0.39, 0.29) is 6.61 Å². The number of hydrogen-bond acceptors (Lipinski definition) is 4. The Kier molecular flexibility index (Phi) is 4.45. The molecule has 20 heavy (non-hydrogen) atoms. The van der Waals surface area contributed by atoms with E-state index in [1.807, 2.05) is 6.07 Å². The predicted octanol–water partition coefficient (Wildman–Crippen LogP) is 2.69. The minimum atomic E-state index is 0.234. The molecule has 1 aliphatic rings. The van der Waals surface area contributed by atoms with Crippen molar-refractivity contribution in [1.29, 1.82) is 0 Å². The maximum atomic E-state index is 9.13. The Hall–Kier alpha value is -1.23. The second-order valence-corrected chi connectivity index (χ2v) is 6.26. The van der Waals surface area contributed by atoms with Crippen LogP contribution in [0.2, 0.25) is 0 Å². The van der Waals surface area contributed by atoms with Crippen molar-refractivity contribution in [1.82, 2.24) is 9.88 Å². The van der Waals surface area contributed by atoms with Crippen LogP contribution in [0.15, 0.2) is 35.7 Å². The average molecular weight is 288 g/mol. The van der Waals surface area contributed by atoms with E-state index in [0.29, 0.717) is 6.04 Å². The Labute approximate surface area is 123 Å². The maximum absolute atomic E-state index is 9.13. The van der Waals surface area contributed by atoms with Crippen molar-refractivity contribution in [2.75, 3.05) is 13.2 Å². The van der Waals surface area contributed by atoms with Gasteiger partial charge in [-0.25, -0.2) is 4.98 Å². The summed E-state index contributed by atoms with van der Waals surface area (Å²) in [4.78, 5) is 7.08. The molecule has 1 aromatic carbocycles. The molecule has 0 radical (unpaired) electrons. The van der Waals surface area contributed by atoms with Crippen molar-refractivity contribution < 1.29 is 5.11 Å². The second-order valence-electron chi connectivity index (χ2n) is 5.32. The molecule has 0 bridgehead atoms. The molecule has 0 amide bonds. The molecule has 0 atom stereocenters. The summed E-state index contributed by atoms with van der Waals surface area (Å²) < 4.78 is 0. The monoisotopic (exact) mass is 288 g/mol. The summed E-state index contributed by atoms with van der Waals surface area (Å²) in [6.07, 6.45) is 3.44. The van der Waals surface area contributed by atoms with Gasteiger partial charge in [0.25, 0.3) is 0 Å². The van der Waals surface area contributed by atoms with Crippen LogP contribution in [-0.2, 0) is 13.0 Å². The van der Waals surface area contributed by atoms with Crippen LogP contribution in [0.1, 0.15) is 29.1 Å². The van der Waals surface area contributed by atoms with Gasteiger partial charge in [-0.15, -0.1) is 11.3 Å². The van der Waals surface area contributed by atoms with Crippen LogP contribution < -0.4 is 0 Å². The molecule has 0 spiro atoms. The summed E-state index contributed by atoms with van der Waals surface area (Å²) in [6.45, 7) is 1.87. The molecule has 4 heteroatoms. The number of aliphatic hydroxyl groups is 1. The van der Waals surface area contributed by atoms with Crippen LogP contribution in [0.5, 0.6) is 0 Å². The topological polar surface area (TPSA) is 36.4 Å². The van der Waals surface area contributed by atoms with Crippen LogP contribution >= 0.6 is 11.3 Å². The summed E-state index contributed by atoms with van der Waals surface area (Å²) in [7, 11) is 0. The van der Waals surface area contributed by atoms with E-state index < -0.39 is 0 Å². The van der Waals surface area contributed by atoms with Crippen LogP contribution in [0.4, 0.5) is 0 Å². The van der Waals surface area contributed by atoms with Crippen molar-refractivity contribution in [2.45, 2.75) is 31.8 Å². The van der Waals surface area contributed by atoms with Crippen LogP contribution in [0, 0.1) is 0 Å². The minimum absolute atomic E-state index is 0.234. The van der Waals surface area contributed by atoms with E-state index in [1.54, 1.807) is 11.3 Å². The van der Waals surface area contributed by atoms with Gasteiger partial charge >= 0.3 is 0 Å². The van der Waals surface area contributed by atoms with E-state index in [2.05, 4.69) is 34.5 Å². The van der Waals surface area contributed by atoms with Crippen molar-refractivity contribution in [2.24, 2.45) is 0 Å². The lowest BCUT2D eigenvalue weighted by Crippen LogP contribution is -2.28. The third kappa shape index (κ3) is 3.66. The van der Waals surface area contributed by atoms with Gasteiger partial charge in [-0.05, 0) is 18.4 Å². The van der Waals surface area contributed by atoms with Crippen LogP contribution in [0.25, 0.3) is 0 Å². The van der Waals surface area contributed by atoms with E-state index in [4.69, 9.17) is 10.1 Å². The number of nitrogens with zero attached hydrogens (tertiary/aromatic N) is 2. The van der Waals surface area contributed by atoms with Crippen LogP contribution in [0.3, 0.4) is 0 Å². The lowest BCUT2D eigenvalue weighted by Gasteiger charge is -2.19. The van der Waals surface area contributed by atoms with Crippen molar-refractivity contribution in [3.8, 4) is 0 Å². The molecule has 1 fully saturated rings. The molecule has 1 heterocycles. The Morgan fingerprint density at radius 2 is 2.05 bits per heavy atom. The zero-order valence-electron chi connectivity index (χ0n) is 11.5. The SMILES string of the molecule is OCCN(Cc1csc(Cc2ccccc2)n1)C1CC1. The molecule has 1 aliphatic carbocycles. The molecule has 0 aliphatic heterocycles. The van der Waals surface area contributed by atoms with Gasteiger partial charge in [0.05, 0.1) is 17.3 Å². The summed E-state index contributed by atoms with van der Waals surface area (Å²) in [5.41, 5.74) is 2.45. The first-order chi connectivity index (χ1) is 9.85. The van der Waals surface area contributed by atoms with Gasteiger partial charge in [0, 0.05) is 30.9 Å². The van der Waals surface area contributed by atoms with Gasteiger partial charge < -0.3 is 5.11 Å². The zero-order chi connectivity index (χ0) is 13.8. The quantitative estimate of drug-likeness (QED) is 0.851. The number of hydrogen-bond donors (Lipinski definition) is 1. The third-order valence-electron chi connectivity index (χ3n) is 3.61. The molecule has 0 saturated heterocycles. The molecular weight excluding hydrogens is 268 g/mol. The molecular formula is C16H20N2OS. The largest absolute Gasteiger partial charge is 0.395 e. The number of benzene rings is 1. The second kappa shape index (κ2) is 6.48. The molecule has 106 valence electrons. The fourth-order valence-electron chi connectivity index (χ4n) is 2.44. The Bertz CT molecular complexity index is 536. The van der Waals surface area contributed by atoms with Crippen molar-refractivity contribution in [3.63, 3.8) is 0 Å². The summed E-state index contributed by atoms with van der Waals surface area (Å²) in [5, 5.41) is 12.5. The van der Waals surface area contributed by atoms with Gasteiger partial charge in [0.1, 0.15) is 0 Å². The van der Waals surface area contributed by atoms with Crippen molar-refractivity contribution >= 4 is 11.3 Å². The number of thiazole rings is 1. The number of aromatic nitrogens is 1. The third-order valence-corrected chi connectivity index (χ3v) is 4.51. The predicted molar refractivity (Wildman–Crippen MR) is 81.9 cm³/mol. The summed E-state index contributed by atoms with van der Waals surface area (Å²) in [6, 6.07) is 11.1. The first-order valence-electron chi connectivity index (χ1n) is 7.17. The normalized spacial score (nSPS) is 14.9. The highest BCUT2D eigenvalue weighted by Crippen LogP contribution is 2.28. The van der Waals surface area contributed by atoms with Gasteiger partial charge in [0.15, 0.2) is 0 Å². The molecule has 1 aromatic heterocycles. The fourth-order valence-corrected chi connectivity index (χ4v) is 3.26. The molecule has 2 aromatic rings. The van der Waals surface area contributed by atoms with Gasteiger partial charge in [-0.3, -0.25) is 4.90 Å². The highest BCUT2D eigenvalue weighted by Gasteiger charge is 2.28. The summed E-state index contributed by atoms with van der Waals surface area (Å²) >= 11 is 1.74. The highest BCUT2D eigenvalue weighted by atomic mass is 32.1. The van der Waals surface area contributed by atoms with Gasteiger partial charge in [-0.1, -0.05) is 30.3 Å². The smallest absolute Gasteiger partial charge is 0.0972 e. The van der Waals surface area contributed by atoms with Crippen molar-refractivity contribution in [3.05, 3.63) is 52.0 Å². The first kappa shape index (κ1) is 13.7. The van der Waals surface area contributed by atoms with Gasteiger partial charge in [0.2, 0.25) is 0 Å². The molecule has 3 nitrogen and oxygen atoms in total. The lowest BCUT2D eigenvalue weighted by molar-refractivity contribution is 0.182. The van der Waals surface area contributed by atoms with E-state index in [0.717, 1.165) is 25.2 Å². The standard InChI is InChI=1S/C16H20N2OS/c19-9-8-18(15-6-7-15)11-14-12-20-16(17-14)10-13-4-2-1-3-5-13/h1-5,12,15,19H,6-11H2.